The maximum atomic E-state index is 4.86. The normalized spacial score (nSPS) is 14.8. The number of hydrogen-bond acceptors (Lipinski definition) is 4. The molecule has 72 heavy (non-hydrogen) atoms. The molecule has 0 bridgehead atoms. The maximum Gasteiger partial charge on any atom is 0.0554 e. The Hall–Kier alpha value is -8.74. The van der Waals surface area contributed by atoms with Gasteiger partial charge in [-0.25, -0.2) is 0 Å². The molecule has 1 atom stereocenters. The number of nitrogens with zero attached hydrogens (tertiary/aromatic N) is 3. The summed E-state index contributed by atoms with van der Waals surface area (Å²) in [5.41, 5.74) is 11.4. The lowest BCUT2D eigenvalue weighted by Crippen LogP contribution is -2.12. The topological polar surface area (TPSA) is 19.4 Å². The van der Waals surface area contributed by atoms with E-state index in [-0.39, 0.29) is 0 Å². The molecule has 0 saturated heterocycles. The number of fused-ring (bicyclic) bond motifs is 9. The summed E-state index contributed by atoms with van der Waals surface area (Å²) in [6, 6.07) is 96.3. The third kappa shape index (κ3) is 6.70. The molecule has 13 aromatic rings. The molecule has 0 fully saturated rings. The van der Waals surface area contributed by atoms with Gasteiger partial charge in [0.15, 0.2) is 0 Å². The van der Waals surface area contributed by atoms with E-state index in [4.69, 9.17) is 4.98 Å². The van der Waals surface area contributed by atoms with E-state index in [0.29, 0.717) is 0 Å². The molecule has 1 unspecified atom stereocenters. The summed E-state index contributed by atoms with van der Waals surface area (Å²) < 4.78 is 2.56. The molecule has 1 aliphatic heterocycles. The fourth-order valence-corrected chi connectivity index (χ4v) is 16.5. The Kier molecular flexibility index (Phi) is 10.1. The number of para-hydroxylation sites is 1. The van der Waals surface area contributed by atoms with Crippen molar-refractivity contribution in [2.75, 3.05) is 9.80 Å². The predicted octanol–water partition coefficient (Wildman–Crippen LogP) is 19.7. The van der Waals surface area contributed by atoms with Crippen molar-refractivity contribution in [3.05, 3.63) is 273 Å². The molecular weight excluding hydrogens is 911 g/mol. The van der Waals surface area contributed by atoms with Gasteiger partial charge in [0.25, 0.3) is 0 Å². The molecule has 3 nitrogen and oxygen atoms in total. The molecule has 14 rings (SSSR count). The molecule has 0 N–H and O–H groups in total. The summed E-state index contributed by atoms with van der Waals surface area (Å²) in [6.07, 6.45) is 4.00. The molecule has 5 heteroatoms. The lowest BCUT2D eigenvalue weighted by atomic mass is 9.98. The number of hydrogen-bond donors (Lipinski definition) is 0. The van der Waals surface area contributed by atoms with Gasteiger partial charge < -0.3 is 9.80 Å². The summed E-state index contributed by atoms with van der Waals surface area (Å²) in [6.45, 7) is 0. The van der Waals surface area contributed by atoms with Crippen molar-refractivity contribution in [2.24, 2.45) is 0 Å². The molecular formula is C67H45N3S2. The molecule has 340 valence electrons. The average Bonchev–Trinajstić information content (AvgIpc) is 3.98. The number of anilines is 6. The van der Waals surface area contributed by atoms with Gasteiger partial charge in [0.05, 0.1) is 11.4 Å². The van der Waals surface area contributed by atoms with E-state index in [2.05, 4.69) is 277 Å². The summed E-state index contributed by atoms with van der Waals surface area (Å²) in [5.74, 6) is 0. The van der Waals surface area contributed by atoms with Gasteiger partial charge >= 0.3 is 0 Å². The third-order valence-corrected chi connectivity index (χ3v) is 19.4. The van der Waals surface area contributed by atoms with Crippen LogP contribution in [0.4, 0.5) is 34.1 Å². The second-order valence-corrected chi connectivity index (χ2v) is 22.4. The first kappa shape index (κ1) is 42.2. The molecule has 0 saturated carbocycles. The Morgan fingerprint density at radius 1 is 0.361 bits per heavy atom. The molecule has 11 aromatic carbocycles. The number of thiophene rings is 1. The van der Waals surface area contributed by atoms with Crippen LogP contribution in [0.15, 0.2) is 293 Å². The zero-order chi connectivity index (χ0) is 47.6. The van der Waals surface area contributed by atoms with Crippen LogP contribution in [0.3, 0.4) is 0 Å². The van der Waals surface area contributed by atoms with Crippen molar-refractivity contribution in [1.82, 2.24) is 4.98 Å². The fourth-order valence-electron chi connectivity index (χ4n) is 11.2. The van der Waals surface area contributed by atoms with Crippen molar-refractivity contribution >= 4 is 97.2 Å². The highest BCUT2D eigenvalue weighted by molar-refractivity contribution is 8.34. The quantitative estimate of drug-likeness (QED) is 0.144. The molecule has 0 spiro atoms. The first-order chi connectivity index (χ1) is 35.7. The fraction of sp³-hybridized carbons (Fsp3) is 0. The first-order valence-corrected chi connectivity index (χ1v) is 26.9. The van der Waals surface area contributed by atoms with Crippen molar-refractivity contribution in [1.29, 1.82) is 0 Å². The highest BCUT2D eigenvalue weighted by Crippen LogP contribution is 2.81. The second-order valence-electron chi connectivity index (χ2n) is 18.3. The monoisotopic (exact) mass is 955 g/mol. The van der Waals surface area contributed by atoms with E-state index in [9.17, 15) is 0 Å². The van der Waals surface area contributed by atoms with Crippen LogP contribution in [0.2, 0.25) is 0 Å². The van der Waals surface area contributed by atoms with Gasteiger partial charge in [0.2, 0.25) is 0 Å². The van der Waals surface area contributed by atoms with Gasteiger partial charge in [-0.1, -0.05) is 158 Å². The van der Waals surface area contributed by atoms with Gasteiger partial charge in [-0.2, -0.15) is 0 Å². The molecule has 2 aromatic heterocycles. The first-order valence-electron chi connectivity index (χ1n) is 24.4. The number of benzene rings is 11. The van der Waals surface area contributed by atoms with E-state index in [0.717, 1.165) is 34.1 Å². The standard InChI is InChI=1S/C67H45N3S2/c1-4-18-46(19-5-1)48-33-36-51(37-34-48)69(52-38-35-47-20-10-11-21-49(47)42-52)53-39-40-64-59(43-53)67-60(30-16-32-65(67)72(64,54-24-8-3-9-25-54)55-26-17-41-68-45-55)70(50-22-6-2-7-23-50)61-44-63-66(57-28-13-12-27-56(57)61)58-29-14-15-31-62(58)71-63/h1-45H. The smallest absolute Gasteiger partial charge is 0.0554 e. The largest absolute Gasteiger partial charge is 0.310 e. The van der Waals surface area contributed by atoms with E-state index in [1.165, 1.54) is 83.6 Å². The van der Waals surface area contributed by atoms with Gasteiger partial charge in [0, 0.05) is 85.8 Å². The van der Waals surface area contributed by atoms with Crippen LogP contribution >= 0.6 is 21.4 Å². The van der Waals surface area contributed by atoms with Gasteiger partial charge in [-0.15, -0.1) is 21.4 Å². The zero-order valence-corrected chi connectivity index (χ0v) is 40.8. The minimum absolute atomic E-state index is 1.08. The minimum Gasteiger partial charge on any atom is -0.310 e. The SMILES string of the molecule is c1ccc(-c2ccc(N(c3ccc4c(c3)-c3c(N(c5ccccc5)c5cc6sc7ccccc7c6c6ccccc56)cccc3S4(c3ccccc3)c3cccnc3)c3ccc4ccccc4c3)cc2)cc1. The van der Waals surface area contributed by atoms with Gasteiger partial charge in [-0.05, 0) is 136 Å². The highest BCUT2D eigenvalue weighted by atomic mass is 32.3. The Labute approximate surface area is 424 Å². The van der Waals surface area contributed by atoms with E-state index < -0.39 is 10.0 Å². The minimum atomic E-state index is -2.09. The van der Waals surface area contributed by atoms with E-state index in [1.54, 1.807) is 0 Å². The van der Waals surface area contributed by atoms with Crippen LogP contribution in [0.1, 0.15) is 0 Å². The number of pyridine rings is 1. The lowest BCUT2D eigenvalue weighted by Gasteiger charge is -2.39. The molecule has 3 heterocycles. The van der Waals surface area contributed by atoms with Crippen molar-refractivity contribution in [3.63, 3.8) is 0 Å². The van der Waals surface area contributed by atoms with Gasteiger partial charge in [0.1, 0.15) is 0 Å². The predicted molar refractivity (Wildman–Crippen MR) is 306 cm³/mol. The Morgan fingerprint density at radius 2 is 0.986 bits per heavy atom. The molecule has 0 radical (unpaired) electrons. The van der Waals surface area contributed by atoms with Crippen molar-refractivity contribution < 1.29 is 0 Å². The number of aromatic nitrogens is 1. The van der Waals surface area contributed by atoms with Crippen molar-refractivity contribution in [2.45, 2.75) is 19.6 Å². The summed E-state index contributed by atoms with van der Waals surface area (Å²) in [5, 5.41) is 7.47. The van der Waals surface area contributed by atoms with Crippen LogP contribution in [-0.2, 0) is 0 Å². The number of rotatable bonds is 9. The van der Waals surface area contributed by atoms with Crippen LogP contribution in [0.25, 0.3) is 64.0 Å². The van der Waals surface area contributed by atoms with Crippen LogP contribution in [0, 0.1) is 0 Å². The summed E-state index contributed by atoms with van der Waals surface area (Å²) in [7, 11) is -2.09. The molecule has 1 aliphatic rings. The average molecular weight is 956 g/mol. The van der Waals surface area contributed by atoms with Crippen molar-refractivity contribution in [3.8, 4) is 22.3 Å². The van der Waals surface area contributed by atoms with E-state index >= 15 is 0 Å². The maximum absolute atomic E-state index is 4.86. The molecule has 0 aliphatic carbocycles. The van der Waals surface area contributed by atoms with Gasteiger partial charge in [-0.3, -0.25) is 4.98 Å². The van der Waals surface area contributed by atoms with Crippen LogP contribution in [0.5, 0.6) is 0 Å². The summed E-state index contributed by atoms with van der Waals surface area (Å²) >= 11 is 1.87. The zero-order valence-electron chi connectivity index (χ0n) is 39.1. The second kappa shape index (κ2) is 17.3. The summed E-state index contributed by atoms with van der Waals surface area (Å²) in [4.78, 5) is 14.9. The highest BCUT2D eigenvalue weighted by Gasteiger charge is 2.44. The van der Waals surface area contributed by atoms with Crippen LogP contribution < -0.4 is 9.80 Å². The Balaban J connectivity index is 1.07. The lowest BCUT2D eigenvalue weighted by molar-refractivity contribution is 1.20. The van der Waals surface area contributed by atoms with E-state index in [1.807, 2.05) is 17.5 Å². The Morgan fingerprint density at radius 3 is 1.78 bits per heavy atom. The molecule has 0 amide bonds. The third-order valence-electron chi connectivity index (χ3n) is 14.3. The Bertz CT molecular complexity index is 4120. The van der Waals surface area contributed by atoms with Crippen LogP contribution in [-0.4, -0.2) is 4.98 Å².